The molecule has 1 aromatic rings. The summed E-state index contributed by atoms with van der Waals surface area (Å²) in [5, 5.41) is 0. The van der Waals surface area contributed by atoms with E-state index in [4.69, 9.17) is 38.6 Å². The first kappa shape index (κ1) is 14.0. The molecule has 0 amide bonds. The molecule has 0 saturated carbocycles. The predicted octanol–water partition coefficient (Wildman–Crippen LogP) is 2.40. The highest BCUT2D eigenvalue weighted by atomic mass is 32.1. The van der Waals surface area contributed by atoms with Gasteiger partial charge in [-0.15, -0.1) is 0 Å². The van der Waals surface area contributed by atoms with E-state index in [1.165, 1.54) is 0 Å². The number of ether oxygens (including phenoxy) is 3. The molecular weight excluding hydrogens is 282 g/mol. The molecule has 19 heavy (non-hydrogen) atoms. The highest BCUT2D eigenvalue weighted by Gasteiger charge is 2.34. The van der Waals surface area contributed by atoms with Gasteiger partial charge in [0.1, 0.15) is 9.98 Å². The summed E-state index contributed by atoms with van der Waals surface area (Å²) in [7, 11) is 4.73. The Balaban J connectivity index is 2.75. The van der Waals surface area contributed by atoms with E-state index in [0.29, 0.717) is 27.2 Å². The topological polar surface area (TPSA) is 30.9 Å². The zero-order valence-corrected chi connectivity index (χ0v) is 12.9. The molecule has 0 saturated heterocycles. The third-order valence-corrected chi connectivity index (χ3v) is 3.95. The van der Waals surface area contributed by atoms with Gasteiger partial charge in [-0.2, -0.15) is 0 Å². The van der Waals surface area contributed by atoms with Crippen LogP contribution in [0.3, 0.4) is 0 Å². The fraction of sp³-hybridized carbons (Fsp3) is 0.385. The van der Waals surface area contributed by atoms with Crippen molar-refractivity contribution in [3.63, 3.8) is 0 Å². The molecule has 0 aliphatic carbocycles. The van der Waals surface area contributed by atoms with Gasteiger partial charge in [-0.05, 0) is 13.0 Å². The van der Waals surface area contributed by atoms with Gasteiger partial charge in [0.25, 0.3) is 0 Å². The molecule has 4 nitrogen and oxygen atoms in total. The molecule has 102 valence electrons. The quantitative estimate of drug-likeness (QED) is 0.793. The van der Waals surface area contributed by atoms with Crippen molar-refractivity contribution in [1.29, 1.82) is 0 Å². The molecule has 0 bridgehead atoms. The van der Waals surface area contributed by atoms with Gasteiger partial charge in [-0.25, -0.2) is 0 Å². The lowest BCUT2D eigenvalue weighted by Crippen LogP contribution is -2.27. The van der Waals surface area contributed by atoms with Gasteiger partial charge in [0.2, 0.25) is 5.75 Å². The van der Waals surface area contributed by atoms with Crippen molar-refractivity contribution in [3.05, 3.63) is 17.2 Å². The van der Waals surface area contributed by atoms with Crippen LogP contribution in [0, 0.1) is 0 Å². The number of benzene rings is 1. The van der Waals surface area contributed by atoms with Crippen molar-refractivity contribution in [3.8, 4) is 17.2 Å². The van der Waals surface area contributed by atoms with Crippen LogP contribution in [0.5, 0.6) is 17.2 Å². The van der Waals surface area contributed by atoms with Crippen LogP contribution < -0.4 is 14.2 Å². The number of methoxy groups -OCH3 is 3. The Morgan fingerprint density at radius 2 is 1.63 bits per heavy atom. The second-order valence-corrected chi connectivity index (χ2v) is 4.70. The van der Waals surface area contributed by atoms with Crippen LogP contribution >= 0.6 is 24.4 Å². The van der Waals surface area contributed by atoms with Crippen LogP contribution in [0.2, 0.25) is 0 Å². The van der Waals surface area contributed by atoms with E-state index in [2.05, 4.69) is 0 Å². The van der Waals surface area contributed by atoms with Crippen molar-refractivity contribution in [1.82, 2.24) is 4.90 Å². The number of hydrogen-bond acceptors (Lipinski definition) is 5. The molecule has 0 radical (unpaired) electrons. The molecule has 0 fully saturated rings. The highest BCUT2D eigenvalue weighted by molar-refractivity contribution is 7.82. The van der Waals surface area contributed by atoms with E-state index >= 15 is 0 Å². The van der Waals surface area contributed by atoms with Crippen LogP contribution in [0.1, 0.15) is 18.1 Å². The molecule has 6 heteroatoms. The maximum Gasteiger partial charge on any atom is 0.204 e. The second-order valence-electron chi connectivity index (χ2n) is 3.92. The van der Waals surface area contributed by atoms with Gasteiger partial charge in [0, 0.05) is 12.1 Å². The molecule has 1 aliphatic rings. The lowest BCUT2D eigenvalue weighted by molar-refractivity contribution is 0.324. The highest BCUT2D eigenvalue weighted by Crippen LogP contribution is 2.45. The third kappa shape index (κ3) is 1.95. The Kier molecular flexibility index (Phi) is 3.91. The lowest BCUT2D eigenvalue weighted by Gasteiger charge is -2.16. The van der Waals surface area contributed by atoms with Crippen LogP contribution in [-0.4, -0.2) is 42.8 Å². The van der Waals surface area contributed by atoms with E-state index in [9.17, 15) is 0 Å². The van der Waals surface area contributed by atoms with Crippen molar-refractivity contribution in [2.45, 2.75) is 6.92 Å². The Hall–Kier alpha value is -1.40. The molecule has 0 atom stereocenters. The summed E-state index contributed by atoms with van der Waals surface area (Å²) in [5.74, 6) is 1.69. The van der Waals surface area contributed by atoms with E-state index < -0.39 is 0 Å². The fourth-order valence-electron chi connectivity index (χ4n) is 2.20. The van der Waals surface area contributed by atoms with Gasteiger partial charge in [0.15, 0.2) is 11.5 Å². The van der Waals surface area contributed by atoms with Gasteiger partial charge in [-0.1, -0.05) is 24.4 Å². The van der Waals surface area contributed by atoms with E-state index in [0.717, 1.165) is 17.7 Å². The van der Waals surface area contributed by atoms with Gasteiger partial charge >= 0.3 is 0 Å². The monoisotopic (exact) mass is 297 g/mol. The summed E-state index contributed by atoms with van der Waals surface area (Å²) in [6.07, 6.45) is 0. The standard InChI is InChI=1S/C13H15NO3S2/c1-5-14-12(18)7-6-8(15-2)10(16-3)11(17-4)9(7)13(14)19/h6H,5H2,1-4H3. The Labute approximate surface area is 123 Å². The van der Waals surface area contributed by atoms with Crippen molar-refractivity contribution in [2.24, 2.45) is 0 Å². The maximum atomic E-state index is 5.47. The van der Waals surface area contributed by atoms with E-state index in [-0.39, 0.29) is 0 Å². The molecule has 1 aliphatic heterocycles. The molecule has 1 heterocycles. The minimum Gasteiger partial charge on any atom is -0.493 e. The van der Waals surface area contributed by atoms with Crippen LogP contribution in [-0.2, 0) is 0 Å². The molecule has 1 aromatic carbocycles. The molecule has 0 aromatic heterocycles. The largest absolute Gasteiger partial charge is 0.493 e. The Morgan fingerprint density at radius 3 is 2.11 bits per heavy atom. The molecular formula is C13H15NO3S2. The fourth-order valence-corrected chi connectivity index (χ4v) is 3.06. The number of thiocarbonyl (C=S) groups is 2. The minimum absolute atomic E-state index is 0.534. The van der Waals surface area contributed by atoms with Crippen LogP contribution in [0.4, 0.5) is 0 Å². The summed E-state index contributed by atoms with van der Waals surface area (Å²) in [6, 6.07) is 1.85. The molecule has 0 spiro atoms. The summed E-state index contributed by atoms with van der Waals surface area (Å²) < 4.78 is 16.1. The average Bonchev–Trinajstić information content (AvgIpc) is 2.67. The number of rotatable bonds is 4. The SMILES string of the molecule is CCN1C(=S)c2cc(OC)c(OC)c(OC)c2C1=S. The van der Waals surface area contributed by atoms with Crippen LogP contribution in [0.15, 0.2) is 6.07 Å². The van der Waals surface area contributed by atoms with E-state index in [1.807, 2.05) is 17.9 Å². The third-order valence-electron chi connectivity index (χ3n) is 3.08. The summed E-state index contributed by atoms with van der Waals surface area (Å²) in [6.45, 7) is 2.73. The first-order valence-corrected chi connectivity index (χ1v) is 6.61. The summed E-state index contributed by atoms with van der Waals surface area (Å²) in [4.78, 5) is 3.26. The maximum absolute atomic E-state index is 5.47. The predicted molar refractivity (Wildman–Crippen MR) is 81.9 cm³/mol. The van der Waals surface area contributed by atoms with Crippen molar-refractivity contribution in [2.75, 3.05) is 27.9 Å². The summed E-state index contributed by atoms with van der Waals surface area (Å²) in [5.41, 5.74) is 1.67. The number of nitrogens with zero attached hydrogens (tertiary/aromatic N) is 1. The van der Waals surface area contributed by atoms with Gasteiger partial charge in [-0.3, -0.25) is 0 Å². The number of hydrogen-bond donors (Lipinski definition) is 0. The smallest absolute Gasteiger partial charge is 0.204 e. The first-order valence-electron chi connectivity index (χ1n) is 5.79. The van der Waals surface area contributed by atoms with Gasteiger partial charge in [0.05, 0.1) is 26.9 Å². The Bertz CT molecular complexity index is 557. The molecule has 0 N–H and O–H groups in total. The van der Waals surface area contributed by atoms with E-state index in [1.54, 1.807) is 21.3 Å². The Morgan fingerprint density at radius 1 is 1.00 bits per heavy atom. The minimum atomic E-state index is 0.534. The van der Waals surface area contributed by atoms with Gasteiger partial charge < -0.3 is 19.1 Å². The first-order chi connectivity index (χ1) is 9.10. The average molecular weight is 297 g/mol. The lowest BCUT2D eigenvalue weighted by atomic mass is 10.1. The normalized spacial score (nSPS) is 13.6. The van der Waals surface area contributed by atoms with Crippen LogP contribution in [0.25, 0.3) is 0 Å². The molecule has 2 rings (SSSR count). The zero-order chi connectivity index (χ0) is 14.2. The summed E-state index contributed by atoms with van der Waals surface area (Å²) >= 11 is 10.9. The molecule has 0 unspecified atom stereocenters. The van der Waals surface area contributed by atoms with Crippen molar-refractivity contribution >= 4 is 34.4 Å². The number of fused-ring (bicyclic) bond motifs is 1. The zero-order valence-electron chi connectivity index (χ0n) is 11.3. The second kappa shape index (κ2) is 5.30. The van der Waals surface area contributed by atoms with Crippen molar-refractivity contribution < 1.29 is 14.2 Å².